The Bertz CT molecular complexity index is 516. The molecule has 1 saturated heterocycles. The van der Waals surface area contributed by atoms with Crippen LogP contribution in [0.25, 0.3) is 0 Å². The van der Waals surface area contributed by atoms with Crippen LogP contribution in [0.2, 0.25) is 5.02 Å². The van der Waals surface area contributed by atoms with Gasteiger partial charge in [0.25, 0.3) is 0 Å². The molecule has 0 bridgehead atoms. The third-order valence-corrected chi connectivity index (χ3v) is 3.88. The van der Waals surface area contributed by atoms with Crippen LogP contribution >= 0.6 is 11.6 Å². The highest BCUT2D eigenvalue weighted by atomic mass is 35.5. The zero-order valence-electron chi connectivity index (χ0n) is 12.4. The first-order valence-electron chi connectivity index (χ1n) is 7.52. The van der Waals surface area contributed by atoms with Gasteiger partial charge in [0, 0.05) is 30.7 Å². The van der Waals surface area contributed by atoms with Crippen LogP contribution in [-0.4, -0.2) is 38.1 Å². The summed E-state index contributed by atoms with van der Waals surface area (Å²) < 4.78 is 5.21. The summed E-state index contributed by atoms with van der Waals surface area (Å²) >= 11 is 5.90. The second-order valence-corrected chi connectivity index (χ2v) is 5.77. The molecular formula is C16H21ClN2O3. The molecule has 1 aliphatic heterocycles. The number of amides is 2. The van der Waals surface area contributed by atoms with Crippen molar-refractivity contribution < 1.29 is 14.3 Å². The molecule has 1 aliphatic rings. The van der Waals surface area contributed by atoms with Crippen molar-refractivity contribution in [3.05, 3.63) is 34.9 Å². The van der Waals surface area contributed by atoms with E-state index in [1.807, 2.05) is 24.3 Å². The number of carbonyl (C=O) groups excluding carboxylic acids is 2. The Morgan fingerprint density at radius 2 is 2.00 bits per heavy atom. The van der Waals surface area contributed by atoms with Crippen molar-refractivity contribution in [1.29, 1.82) is 0 Å². The Morgan fingerprint density at radius 1 is 1.23 bits per heavy atom. The summed E-state index contributed by atoms with van der Waals surface area (Å²) in [7, 11) is 0. The predicted octanol–water partition coefficient (Wildman–Crippen LogP) is 1.54. The van der Waals surface area contributed by atoms with E-state index in [-0.39, 0.29) is 24.3 Å². The van der Waals surface area contributed by atoms with Crippen LogP contribution in [-0.2, 0) is 20.7 Å². The molecule has 0 radical (unpaired) electrons. The summed E-state index contributed by atoms with van der Waals surface area (Å²) in [6.45, 7) is 1.77. The summed E-state index contributed by atoms with van der Waals surface area (Å²) in [4.78, 5) is 23.6. The van der Waals surface area contributed by atoms with Crippen LogP contribution < -0.4 is 10.6 Å². The topological polar surface area (TPSA) is 67.4 Å². The van der Waals surface area contributed by atoms with E-state index in [1.54, 1.807) is 0 Å². The maximum Gasteiger partial charge on any atom is 0.239 e. The number of benzene rings is 1. The number of ether oxygens (including phenoxy) is 1. The van der Waals surface area contributed by atoms with Crippen LogP contribution in [0.15, 0.2) is 24.3 Å². The van der Waals surface area contributed by atoms with E-state index in [9.17, 15) is 9.59 Å². The fourth-order valence-electron chi connectivity index (χ4n) is 2.37. The summed E-state index contributed by atoms with van der Waals surface area (Å²) in [5.74, 6) is -0.274. The predicted molar refractivity (Wildman–Crippen MR) is 84.7 cm³/mol. The SMILES string of the molecule is O=C(CNC(=O)C1CCOCC1)NCCc1cccc(Cl)c1. The van der Waals surface area contributed by atoms with Crippen LogP contribution in [0.5, 0.6) is 0 Å². The molecule has 120 valence electrons. The van der Waals surface area contributed by atoms with Gasteiger partial charge in [0.05, 0.1) is 6.54 Å². The van der Waals surface area contributed by atoms with Gasteiger partial charge in [-0.1, -0.05) is 23.7 Å². The van der Waals surface area contributed by atoms with Crippen LogP contribution in [0.3, 0.4) is 0 Å². The van der Waals surface area contributed by atoms with Crippen molar-refractivity contribution in [3.8, 4) is 0 Å². The summed E-state index contributed by atoms with van der Waals surface area (Å²) in [5, 5.41) is 6.16. The van der Waals surface area contributed by atoms with Gasteiger partial charge in [0.1, 0.15) is 0 Å². The highest BCUT2D eigenvalue weighted by Gasteiger charge is 2.21. The Balaban J connectivity index is 1.62. The molecule has 1 aromatic rings. The summed E-state index contributed by atoms with van der Waals surface area (Å²) in [6, 6.07) is 7.54. The van der Waals surface area contributed by atoms with E-state index in [4.69, 9.17) is 16.3 Å². The lowest BCUT2D eigenvalue weighted by Crippen LogP contribution is -2.41. The molecule has 0 unspecified atom stereocenters. The number of hydrogen-bond acceptors (Lipinski definition) is 3. The average molecular weight is 325 g/mol. The minimum Gasteiger partial charge on any atom is -0.381 e. The minimum atomic E-state index is -0.178. The number of rotatable bonds is 6. The van der Waals surface area contributed by atoms with Crippen LogP contribution in [0.4, 0.5) is 0 Å². The number of hydrogen-bond donors (Lipinski definition) is 2. The van der Waals surface area contributed by atoms with Crippen LogP contribution in [0, 0.1) is 5.92 Å². The molecule has 0 spiro atoms. The van der Waals surface area contributed by atoms with E-state index in [2.05, 4.69) is 10.6 Å². The second-order valence-electron chi connectivity index (χ2n) is 5.33. The number of nitrogens with one attached hydrogen (secondary N) is 2. The zero-order chi connectivity index (χ0) is 15.8. The quantitative estimate of drug-likeness (QED) is 0.834. The van der Waals surface area contributed by atoms with Gasteiger partial charge >= 0.3 is 0 Å². The fourth-order valence-corrected chi connectivity index (χ4v) is 2.59. The first-order valence-corrected chi connectivity index (χ1v) is 7.89. The lowest BCUT2D eigenvalue weighted by atomic mass is 9.99. The van der Waals surface area contributed by atoms with Crippen molar-refractivity contribution in [2.24, 2.45) is 5.92 Å². The Hall–Kier alpha value is -1.59. The van der Waals surface area contributed by atoms with Crippen molar-refractivity contribution in [3.63, 3.8) is 0 Å². The normalized spacial score (nSPS) is 15.3. The van der Waals surface area contributed by atoms with E-state index in [1.165, 1.54) is 0 Å². The van der Waals surface area contributed by atoms with Gasteiger partial charge in [-0.3, -0.25) is 9.59 Å². The van der Waals surface area contributed by atoms with Crippen molar-refractivity contribution in [2.45, 2.75) is 19.3 Å². The summed E-state index contributed by atoms with van der Waals surface area (Å²) in [5.41, 5.74) is 1.07. The first-order chi connectivity index (χ1) is 10.6. The monoisotopic (exact) mass is 324 g/mol. The molecule has 2 rings (SSSR count). The van der Waals surface area contributed by atoms with Crippen molar-refractivity contribution >= 4 is 23.4 Å². The van der Waals surface area contributed by atoms with E-state index in [0.29, 0.717) is 31.2 Å². The molecule has 2 amide bonds. The van der Waals surface area contributed by atoms with Gasteiger partial charge in [-0.25, -0.2) is 0 Å². The van der Waals surface area contributed by atoms with E-state index >= 15 is 0 Å². The molecule has 0 aromatic heterocycles. The fraction of sp³-hybridized carbons (Fsp3) is 0.500. The van der Waals surface area contributed by atoms with Gasteiger partial charge in [0.2, 0.25) is 11.8 Å². The van der Waals surface area contributed by atoms with Gasteiger partial charge in [0.15, 0.2) is 0 Å². The van der Waals surface area contributed by atoms with E-state index < -0.39 is 0 Å². The second kappa shape index (κ2) is 8.76. The Morgan fingerprint density at radius 3 is 2.73 bits per heavy atom. The summed E-state index contributed by atoms with van der Waals surface area (Å²) in [6.07, 6.45) is 2.16. The molecule has 6 heteroatoms. The van der Waals surface area contributed by atoms with Gasteiger partial charge in [-0.2, -0.15) is 0 Å². The lowest BCUT2D eigenvalue weighted by Gasteiger charge is -2.21. The largest absolute Gasteiger partial charge is 0.381 e. The minimum absolute atomic E-state index is 0.0196. The molecular weight excluding hydrogens is 304 g/mol. The average Bonchev–Trinajstić information content (AvgIpc) is 2.53. The molecule has 1 heterocycles. The Labute approximate surface area is 135 Å². The highest BCUT2D eigenvalue weighted by molar-refractivity contribution is 6.30. The molecule has 1 aromatic carbocycles. The number of carbonyl (C=O) groups is 2. The highest BCUT2D eigenvalue weighted by Crippen LogP contribution is 2.14. The van der Waals surface area contributed by atoms with Gasteiger partial charge in [-0.05, 0) is 37.0 Å². The first kappa shape index (κ1) is 16.8. The maximum atomic E-state index is 11.9. The smallest absolute Gasteiger partial charge is 0.239 e. The van der Waals surface area contributed by atoms with Crippen molar-refractivity contribution in [1.82, 2.24) is 10.6 Å². The standard InChI is InChI=1S/C16H21ClN2O3/c17-14-3-1-2-12(10-14)4-7-18-15(20)11-19-16(21)13-5-8-22-9-6-13/h1-3,10,13H,4-9,11H2,(H,18,20)(H,19,21). The van der Waals surface area contributed by atoms with Crippen LogP contribution in [0.1, 0.15) is 18.4 Å². The number of halogens is 1. The third kappa shape index (κ3) is 5.66. The third-order valence-electron chi connectivity index (χ3n) is 3.64. The molecule has 2 N–H and O–H groups in total. The van der Waals surface area contributed by atoms with Gasteiger partial charge in [-0.15, -0.1) is 0 Å². The molecule has 1 fully saturated rings. The Kier molecular flexibility index (Phi) is 6.68. The molecule has 0 aliphatic carbocycles. The van der Waals surface area contributed by atoms with Gasteiger partial charge < -0.3 is 15.4 Å². The van der Waals surface area contributed by atoms with E-state index in [0.717, 1.165) is 18.4 Å². The molecule has 0 atom stereocenters. The maximum absolute atomic E-state index is 11.9. The lowest BCUT2D eigenvalue weighted by molar-refractivity contribution is -0.130. The molecule has 22 heavy (non-hydrogen) atoms. The molecule has 0 saturated carbocycles. The molecule has 5 nitrogen and oxygen atoms in total. The van der Waals surface area contributed by atoms with Crippen molar-refractivity contribution in [2.75, 3.05) is 26.3 Å². The zero-order valence-corrected chi connectivity index (χ0v) is 13.2.